The van der Waals surface area contributed by atoms with Crippen LogP contribution in [0.1, 0.15) is 43.6 Å². The minimum absolute atomic E-state index is 0.150. The molecule has 1 aliphatic rings. The molecule has 5 nitrogen and oxygen atoms in total. The van der Waals surface area contributed by atoms with Crippen molar-refractivity contribution in [1.29, 1.82) is 0 Å². The predicted octanol–water partition coefficient (Wildman–Crippen LogP) is 1.68. The Hall–Kier alpha value is -1.36. The van der Waals surface area contributed by atoms with Gasteiger partial charge in [0.1, 0.15) is 0 Å². The van der Waals surface area contributed by atoms with E-state index in [-0.39, 0.29) is 12.0 Å². The Bertz CT molecular complexity index is 500. The van der Waals surface area contributed by atoms with Crippen molar-refractivity contribution in [2.24, 2.45) is 5.92 Å². The number of aryl methyl sites for hydroxylation is 1. The molecule has 2 heterocycles. The summed E-state index contributed by atoms with van der Waals surface area (Å²) in [5.41, 5.74) is 3.12. The van der Waals surface area contributed by atoms with Crippen molar-refractivity contribution in [2.75, 3.05) is 13.1 Å². The van der Waals surface area contributed by atoms with E-state index >= 15 is 0 Å². The second kappa shape index (κ2) is 6.60. The molecule has 0 aliphatic carbocycles. The van der Waals surface area contributed by atoms with Crippen molar-refractivity contribution in [3.8, 4) is 0 Å². The summed E-state index contributed by atoms with van der Waals surface area (Å²) in [5, 5.41) is 14.1. The number of aliphatic hydroxyl groups is 1. The van der Waals surface area contributed by atoms with Crippen LogP contribution < -0.4 is 0 Å². The van der Waals surface area contributed by atoms with Gasteiger partial charge in [0.15, 0.2) is 0 Å². The number of carbonyl (C=O) groups is 1. The molecule has 1 fully saturated rings. The van der Waals surface area contributed by atoms with Crippen LogP contribution in [0, 0.1) is 19.8 Å². The fraction of sp³-hybridized carbons (Fsp3) is 0.750. The lowest BCUT2D eigenvalue weighted by atomic mass is 10.1. The van der Waals surface area contributed by atoms with Gasteiger partial charge >= 0.3 is 0 Å². The van der Waals surface area contributed by atoms with E-state index < -0.39 is 0 Å². The zero-order valence-corrected chi connectivity index (χ0v) is 13.6. The number of amides is 1. The number of piperidine rings is 1. The van der Waals surface area contributed by atoms with Crippen LogP contribution in [0.4, 0.5) is 0 Å². The number of aromatic nitrogens is 2. The van der Waals surface area contributed by atoms with E-state index in [9.17, 15) is 9.90 Å². The van der Waals surface area contributed by atoms with Crippen molar-refractivity contribution in [3.05, 3.63) is 17.0 Å². The second-order valence-electron chi connectivity index (χ2n) is 6.51. The molecule has 1 N–H and O–H groups in total. The molecule has 0 unspecified atom stereocenters. The predicted molar refractivity (Wildman–Crippen MR) is 82.1 cm³/mol. The minimum atomic E-state index is -0.244. The Balaban J connectivity index is 2.05. The van der Waals surface area contributed by atoms with Crippen LogP contribution in [0.3, 0.4) is 0 Å². The molecule has 0 spiro atoms. The van der Waals surface area contributed by atoms with Gasteiger partial charge in [0.2, 0.25) is 5.91 Å². The number of carbonyl (C=O) groups excluding carboxylic acids is 1. The molecule has 1 aliphatic heterocycles. The fourth-order valence-corrected chi connectivity index (χ4v) is 2.89. The van der Waals surface area contributed by atoms with Crippen LogP contribution >= 0.6 is 0 Å². The maximum Gasteiger partial charge on any atom is 0.227 e. The first-order valence-electron chi connectivity index (χ1n) is 7.87. The standard InChI is InChI=1S/C16H27N3O2/c1-11(2)10-19-13(4)15(12(3)17-19)9-16(21)18-7-5-14(20)6-8-18/h11,14,20H,5-10H2,1-4H3. The third-order valence-corrected chi connectivity index (χ3v) is 4.21. The first-order chi connectivity index (χ1) is 9.88. The van der Waals surface area contributed by atoms with Gasteiger partial charge in [0.05, 0.1) is 18.2 Å². The molecule has 1 amide bonds. The summed E-state index contributed by atoms with van der Waals surface area (Å²) >= 11 is 0. The summed E-state index contributed by atoms with van der Waals surface area (Å²) in [4.78, 5) is 14.3. The average molecular weight is 293 g/mol. The highest BCUT2D eigenvalue weighted by atomic mass is 16.3. The molecular formula is C16H27N3O2. The minimum Gasteiger partial charge on any atom is -0.393 e. The maximum atomic E-state index is 12.4. The van der Waals surface area contributed by atoms with E-state index in [1.165, 1.54) is 0 Å². The highest BCUT2D eigenvalue weighted by molar-refractivity contribution is 5.79. The monoisotopic (exact) mass is 293 g/mol. The summed E-state index contributed by atoms with van der Waals surface area (Å²) < 4.78 is 2.02. The number of hydrogen-bond acceptors (Lipinski definition) is 3. The SMILES string of the molecule is Cc1nn(CC(C)C)c(C)c1CC(=O)N1CCC(O)CC1. The van der Waals surface area contributed by atoms with E-state index in [1.807, 2.05) is 23.4 Å². The van der Waals surface area contributed by atoms with Gasteiger partial charge in [-0.2, -0.15) is 5.10 Å². The Morgan fingerprint density at radius 3 is 2.52 bits per heavy atom. The molecule has 1 aromatic heterocycles. The van der Waals surface area contributed by atoms with Crippen LogP contribution in [-0.2, 0) is 17.8 Å². The molecule has 1 saturated heterocycles. The van der Waals surface area contributed by atoms with Crippen LogP contribution in [0.25, 0.3) is 0 Å². The number of aliphatic hydroxyl groups excluding tert-OH is 1. The molecule has 0 radical (unpaired) electrons. The van der Waals surface area contributed by atoms with Crippen LogP contribution in [-0.4, -0.2) is 44.9 Å². The van der Waals surface area contributed by atoms with Gasteiger partial charge in [0.25, 0.3) is 0 Å². The summed E-state index contributed by atoms with van der Waals surface area (Å²) in [6.07, 6.45) is 1.56. The van der Waals surface area contributed by atoms with Crippen LogP contribution in [0.15, 0.2) is 0 Å². The average Bonchev–Trinajstić information content (AvgIpc) is 2.66. The molecule has 0 aromatic carbocycles. The third kappa shape index (κ3) is 3.84. The topological polar surface area (TPSA) is 58.4 Å². The summed E-state index contributed by atoms with van der Waals surface area (Å²) in [6.45, 7) is 10.6. The van der Waals surface area contributed by atoms with Crippen LogP contribution in [0.5, 0.6) is 0 Å². The van der Waals surface area contributed by atoms with E-state index in [1.54, 1.807) is 0 Å². The Labute approximate surface area is 126 Å². The quantitative estimate of drug-likeness (QED) is 0.919. The Morgan fingerprint density at radius 1 is 1.33 bits per heavy atom. The normalized spacial score (nSPS) is 16.8. The number of likely N-dealkylation sites (tertiary alicyclic amines) is 1. The van der Waals surface area contributed by atoms with Crippen molar-refractivity contribution in [1.82, 2.24) is 14.7 Å². The Kier molecular flexibility index (Phi) is 5.04. The number of nitrogens with zero attached hydrogens (tertiary/aromatic N) is 3. The van der Waals surface area contributed by atoms with Crippen molar-refractivity contribution in [3.63, 3.8) is 0 Å². The van der Waals surface area contributed by atoms with Gasteiger partial charge in [-0.25, -0.2) is 0 Å². The number of hydrogen-bond donors (Lipinski definition) is 1. The molecule has 0 bridgehead atoms. The zero-order chi connectivity index (χ0) is 15.6. The third-order valence-electron chi connectivity index (χ3n) is 4.21. The lowest BCUT2D eigenvalue weighted by Crippen LogP contribution is -2.40. The highest BCUT2D eigenvalue weighted by Crippen LogP contribution is 2.18. The van der Waals surface area contributed by atoms with E-state index in [2.05, 4.69) is 18.9 Å². The molecule has 5 heteroatoms. The zero-order valence-electron chi connectivity index (χ0n) is 13.6. The van der Waals surface area contributed by atoms with Gasteiger partial charge in [-0.15, -0.1) is 0 Å². The van der Waals surface area contributed by atoms with Gasteiger partial charge < -0.3 is 10.0 Å². The molecule has 1 aromatic rings. The molecule has 0 saturated carbocycles. The fourth-order valence-electron chi connectivity index (χ4n) is 2.89. The molecular weight excluding hydrogens is 266 g/mol. The van der Waals surface area contributed by atoms with Gasteiger partial charge in [-0.3, -0.25) is 9.48 Å². The molecule has 118 valence electrons. The number of rotatable bonds is 4. The van der Waals surface area contributed by atoms with E-state index in [0.717, 1.165) is 23.5 Å². The lowest BCUT2D eigenvalue weighted by Gasteiger charge is -2.29. The van der Waals surface area contributed by atoms with Gasteiger partial charge in [0, 0.05) is 30.9 Å². The first kappa shape index (κ1) is 16.0. The van der Waals surface area contributed by atoms with Crippen molar-refractivity contribution in [2.45, 2.75) is 59.6 Å². The van der Waals surface area contributed by atoms with Gasteiger partial charge in [-0.1, -0.05) is 13.8 Å². The van der Waals surface area contributed by atoms with Crippen molar-refractivity contribution < 1.29 is 9.90 Å². The Morgan fingerprint density at radius 2 is 1.95 bits per heavy atom. The van der Waals surface area contributed by atoms with E-state index in [4.69, 9.17) is 0 Å². The lowest BCUT2D eigenvalue weighted by molar-refractivity contribution is -0.132. The smallest absolute Gasteiger partial charge is 0.227 e. The summed E-state index contributed by atoms with van der Waals surface area (Å²) in [5.74, 6) is 0.687. The molecule has 21 heavy (non-hydrogen) atoms. The largest absolute Gasteiger partial charge is 0.393 e. The summed E-state index contributed by atoms with van der Waals surface area (Å²) in [6, 6.07) is 0. The van der Waals surface area contributed by atoms with Crippen molar-refractivity contribution >= 4 is 5.91 Å². The summed E-state index contributed by atoms with van der Waals surface area (Å²) in [7, 11) is 0. The highest BCUT2D eigenvalue weighted by Gasteiger charge is 2.23. The van der Waals surface area contributed by atoms with Gasteiger partial charge in [-0.05, 0) is 32.6 Å². The first-order valence-corrected chi connectivity index (χ1v) is 7.87. The second-order valence-corrected chi connectivity index (χ2v) is 6.51. The molecule has 0 atom stereocenters. The maximum absolute atomic E-state index is 12.4. The molecule has 2 rings (SSSR count). The van der Waals surface area contributed by atoms with E-state index in [0.29, 0.717) is 38.3 Å². The van der Waals surface area contributed by atoms with Crippen LogP contribution in [0.2, 0.25) is 0 Å².